The van der Waals surface area contributed by atoms with Gasteiger partial charge in [0.15, 0.2) is 5.78 Å². The van der Waals surface area contributed by atoms with Crippen LogP contribution in [0.1, 0.15) is 54.9 Å². The Labute approximate surface area is 118 Å². The number of aryl methyl sites for hydroxylation is 1. The first kappa shape index (κ1) is 13.8. The van der Waals surface area contributed by atoms with Gasteiger partial charge in [0.2, 0.25) is 0 Å². The molecule has 0 aromatic heterocycles. The predicted molar refractivity (Wildman–Crippen MR) is 78.9 cm³/mol. The number of carbonyl (C=O) groups excluding carboxylic acids is 1. The summed E-state index contributed by atoms with van der Waals surface area (Å²) in [6.45, 7) is 4.28. The molecule has 0 saturated heterocycles. The van der Waals surface area contributed by atoms with Crippen molar-refractivity contribution in [2.24, 2.45) is 11.8 Å². The highest BCUT2D eigenvalue weighted by molar-refractivity contribution is 9.10. The molecule has 0 radical (unpaired) electrons. The van der Waals surface area contributed by atoms with Crippen molar-refractivity contribution in [2.75, 3.05) is 0 Å². The summed E-state index contributed by atoms with van der Waals surface area (Å²) in [6.07, 6.45) is 5.86. The minimum Gasteiger partial charge on any atom is -0.294 e. The number of ketones is 1. The van der Waals surface area contributed by atoms with Crippen molar-refractivity contribution in [3.05, 3.63) is 33.8 Å². The lowest BCUT2D eigenvalue weighted by molar-refractivity contribution is 0.0861. The van der Waals surface area contributed by atoms with Crippen LogP contribution in [-0.2, 0) is 0 Å². The van der Waals surface area contributed by atoms with Gasteiger partial charge in [-0.05, 0) is 43.4 Å². The van der Waals surface area contributed by atoms with Crippen molar-refractivity contribution in [1.82, 2.24) is 0 Å². The molecular formula is C16H21BrO. The summed E-state index contributed by atoms with van der Waals surface area (Å²) in [6, 6.07) is 6.03. The maximum absolute atomic E-state index is 12.6. The van der Waals surface area contributed by atoms with Crippen molar-refractivity contribution in [3.63, 3.8) is 0 Å². The van der Waals surface area contributed by atoms with Crippen LogP contribution in [0.4, 0.5) is 0 Å². The molecule has 1 saturated carbocycles. The second-order valence-corrected chi connectivity index (χ2v) is 6.34. The number of Topliss-reactive ketones (excluding diaryl/α,β-unsaturated/α-hetero) is 1. The van der Waals surface area contributed by atoms with Crippen molar-refractivity contribution in [3.8, 4) is 0 Å². The molecule has 18 heavy (non-hydrogen) atoms. The molecule has 2 unspecified atom stereocenters. The highest BCUT2D eigenvalue weighted by Crippen LogP contribution is 2.34. The van der Waals surface area contributed by atoms with Crippen LogP contribution in [0.2, 0.25) is 0 Å². The van der Waals surface area contributed by atoms with Gasteiger partial charge in [-0.25, -0.2) is 0 Å². The normalized spacial score (nSPS) is 23.9. The van der Waals surface area contributed by atoms with Crippen LogP contribution in [0, 0.1) is 18.8 Å². The van der Waals surface area contributed by atoms with Crippen LogP contribution >= 0.6 is 15.9 Å². The molecule has 0 N–H and O–H groups in total. The average molecular weight is 309 g/mol. The quantitative estimate of drug-likeness (QED) is 0.705. The van der Waals surface area contributed by atoms with Gasteiger partial charge in [-0.1, -0.05) is 48.2 Å². The Morgan fingerprint density at radius 2 is 2.17 bits per heavy atom. The van der Waals surface area contributed by atoms with Gasteiger partial charge < -0.3 is 0 Å². The molecule has 0 amide bonds. The number of hydrogen-bond acceptors (Lipinski definition) is 1. The maximum Gasteiger partial charge on any atom is 0.167 e. The van der Waals surface area contributed by atoms with Crippen molar-refractivity contribution < 1.29 is 4.79 Å². The molecule has 1 aromatic carbocycles. The van der Waals surface area contributed by atoms with Crippen molar-refractivity contribution in [2.45, 2.75) is 46.0 Å². The zero-order valence-corrected chi connectivity index (χ0v) is 12.8. The van der Waals surface area contributed by atoms with E-state index in [0.29, 0.717) is 5.78 Å². The van der Waals surface area contributed by atoms with E-state index in [1.165, 1.54) is 24.8 Å². The van der Waals surface area contributed by atoms with Gasteiger partial charge in [0.25, 0.3) is 0 Å². The van der Waals surface area contributed by atoms with Crippen LogP contribution in [0.25, 0.3) is 0 Å². The standard InChI is InChI=1S/C16H21BrO/c1-3-12-5-4-6-13(10-12)16(18)14-8-7-11(2)9-15(14)17/h7-9,12-13H,3-6,10H2,1-2H3. The van der Waals surface area contributed by atoms with Crippen molar-refractivity contribution in [1.29, 1.82) is 0 Å². The Balaban J connectivity index is 2.15. The summed E-state index contributed by atoms with van der Waals surface area (Å²) in [4.78, 5) is 12.6. The number of hydrogen-bond donors (Lipinski definition) is 0. The number of carbonyl (C=O) groups is 1. The van der Waals surface area contributed by atoms with E-state index in [0.717, 1.165) is 28.8 Å². The lowest BCUT2D eigenvalue weighted by Crippen LogP contribution is -2.23. The molecule has 2 heteroatoms. The van der Waals surface area contributed by atoms with E-state index in [9.17, 15) is 4.79 Å². The third kappa shape index (κ3) is 3.03. The molecule has 1 aliphatic rings. The summed E-state index contributed by atoms with van der Waals surface area (Å²) in [7, 11) is 0. The fourth-order valence-corrected chi connectivity index (χ4v) is 3.63. The van der Waals surface area contributed by atoms with Gasteiger partial charge in [0.05, 0.1) is 0 Å². The number of benzene rings is 1. The third-order valence-electron chi connectivity index (χ3n) is 4.12. The second kappa shape index (κ2) is 6.01. The Kier molecular flexibility index (Phi) is 4.60. The van der Waals surface area contributed by atoms with Gasteiger partial charge in [-0.15, -0.1) is 0 Å². The zero-order valence-electron chi connectivity index (χ0n) is 11.2. The van der Waals surface area contributed by atoms with Crippen LogP contribution in [0.5, 0.6) is 0 Å². The monoisotopic (exact) mass is 308 g/mol. The lowest BCUT2D eigenvalue weighted by Gasteiger charge is -2.27. The van der Waals surface area contributed by atoms with Gasteiger partial charge in [0.1, 0.15) is 0 Å². The molecule has 0 aliphatic heterocycles. The highest BCUT2D eigenvalue weighted by atomic mass is 79.9. The molecule has 0 heterocycles. The van der Waals surface area contributed by atoms with E-state index in [1.54, 1.807) is 0 Å². The van der Waals surface area contributed by atoms with E-state index >= 15 is 0 Å². The topological polar surface area (TPSA) is 17.1 Å². The summed E-state index contributed by atoms with van der Waals surface area (Å²) in [5.74, 6) is 1.32. The predicted octanol–water partition coefficient (Wildman–Crippen LogP) is 5.16. The van der Waals surface area contributed by atoms with Gasteiger partial charge in [-0.2, -0.15) is 0 Å². The smallest absolute Gasteiger partial charge is 0.167 e. The first-order valence-electron chi connectivity index (χ1n) is 6.92. The third-order valence-corrected chi connectivity index (χ3v) is 4.78. The Morgan fingerprint density at radius 1 is 1.39 bits per heavy atom. The fourth-order valence-electron chi connectivity index (χ4n) is 2.94. The van der Waals surface area contributed by atoms with Crippen molar-refractivity contribution >= 4 is 21.7 Å². The minimum absolute atomic E-state index is 0.239. The largest absolute Gasteiger partial charge is 0.294 e. The number of halogens is 1. The van der Waals surface area contributed by atoms with Gasteiger partial charge >= 0.3 is 0 Å². The fraction of sp³-hybridized carbons (Fsp3) is 0.562. The maximum atomic E-state index is 12.6. The molecule has 1 fully saturated rings. The summed E-state index contributed by atoms with van der Waals surface area (Å²) in [5, 5.41) is 0. The Bertz CT molecular complexity index is 439. The molecule has 1 aliphatic carbocycles. The van der Waals surface area contributed by atoms with Crippen LogP contribution in [0.15, 0.2) is 22.7 Å². The highest BCUT2D eigenvalue weighted by Gasteiger charge is 2.27. The lowest BCUT2D eigenvalue weighted by atomic mass is 9.77. The van der Waals surface area contributed by atoms with Crippen LogP contribution < -0.4 is 0 Å². The van der Waals surface area contributed by atoms with Gasteiger partial charge in [-0.3, -0.25) is 4.79 Å². The summed E-state index contributed by atoms with van der Waals surface area (Å²) >= 11 is 3.53. The summed E-state index contributed by atoms with van der Waals surface area (Å²) < 4.78 is 0.950. The first-order valence-corrected chi connectivity index (χ1v) is 7.71. The molecular weight excluding hydrogens is 288 g/mol. The minimum atomic E-state index is 0.239. The summed E-state index contributed by atoms with van der Waals surface area (Å²) in [5.41, 5.74) is 2.05. The first-order chi connectivity index (χ1) is 8.61. The average Bonchev–Trinajstić information content (AvgIpc) is 2.38. The molecule has 2 atom stereocenters. The van der Waals surface area contributed by atoms with E-state index < -0.39 is 0 Å². The van der Waals surface area contributed by atoms with Gasteiger partial charge in [0, 0.05) is 16.0 Å². The van der Waals surface area contributed by atoms with E-state index in [4.69, 9.17) is 0 Å². The number of rotatable bonds is 3. The molecule has 1 aromatic rings. The molecule has 0 bridgehead atoms. The SMILES string of the molecule is CCC1CCCC(C(=O)c2ccc(C)cc2Br)C1. The molecule has 98 valence electrons. The van der Waals surface area contributed by atoms with Crippen LogP contribution in [0.3, 0.4) is 0 Å². The van der Waals surface area contributed by atoms with E-state index in [-0.39, 0.29) is 5.92 Å². The van der Waals surface area contributed by atoms with Crippen LogP contribution in [-0.4, -0.2) is 5.78 Å². The van der Waals surface area contributed by atoms with E-state index in [1.807, 2.05) is 25.1 Å². The molecule has 1 nitrogen and oxygen atoms in total. The second-order valence-electron chi connectivity index (χ2n) is 5.49. The Morgan fingerprint density at radius 3 is 2.83 bits per heavy atom. The Hall–Kier alpha value is -0.630. The molecule has 2 rings (SSSR count). The molecule has 0 spiro atoms. The zero-order chi connectivity index (χ0) is 13.1. The van der Waals surface area contributed by atoms with E-state index in [2.05, 4.69) is 22.9 Å².